The van der Waals surface area contributed by atoms with Crippen LogP contribution in [0.25, 0.3) is 11.1 Å². The fourth-order valence-corrected chi connectivity index (χ4v) is 5.70. The molecule has 2 atom stereocenters. The lowest BCUT2D eigenvalue weighted by Gasteiger charge is -2.51. The normalized spacial score (nSPS) is 24.2. The van der Waals surface area contributed by atoms with Crippen LogP contribution in [0.1, 0.15) is 18.4 Å². The van der Waals surface area contributed by atoms with Crippen LogP contribution in [0.5, 0.6) is 0 Å². The number of aromatic nitrogens is 1. The van der Waals surface area contributed by atoms with E-state index in [4.69, 9.17) is 0 Å². The van der Waals surface area contributed by atoms with Crippen LogP contribution in [0.2, 0.25) is 0 Å². The Hall–Kier alpha value is -2.70. The number of urea groups is 1. The predicted octanol–water partition coefficient (Wildman–Crippen LogP) is 5.34. The molecule has 5 nitrogen and oxygen atoms in total. The van der Waals surface area contributed by atoms with E-state index in [2.05, 4.69) is 48.6 Å². The number of rotatable bonds is 5. The van der Waals surface area contributed by atoms with Gasteiger partial charge >= 0.3 is 6.03 Å². The first kappa shape index (κ1) is 21.2. The molecule has 0 spiro atoms. The van der Waals surface area contributed by atoms with E-state index in [9.17, 15) is 4.79 Å². The molecule has 3 aromatic rings. The van der Waals surface area contributed by atoms with Gasteiger partial charge in [-0.1, -0.05) is 58.4 Å². The summed E-state index contributed by atoms with van der Waals surface area (Å²) in [6, 6.07) is 20.4. The monoisotopic (exact) mass is 490 g/mol. The van der Waals surface area contributed by atoms with E-state index in [0.29, 0.717) is 12.0 Å². The molecule has 2 bridgehead atoms. The molecular formula is C26H27BrN4O. The van der Waals surface area contributed by atoms with Gasteiger partial charge in [-0.3, -0.25) is 9.88 Å². The van der Waals surface area contributed by atoms with Gasteiger partial charge in [-0.25, -0.2) is 4.79 Å². The number of hydrogen-bond acceptors (Lipinski definition) is 3. The molecule has 32 heavy (non-hydrogen) atoms. The SMILES string of the molecule is O=C(Nc1ccccc1-c1ccccc1Br)NC1C2CCN(CC2)C1Cc1cccnc1. The van der Waals surface area contributed by atoms with E-state index in [1.807, 2.05) is 60.9 Å². The Labute approximate surface area is 197 Å². The molecule has 3 fully saturated rings. The van der Waals surface area contributed by atoms with Crippen molar-refractivity contribution in [2.75, 3.05) is 18.4 Å². The van der Waals surface area contributed by atoms with Crippen LogP contribution >= 0.6 is 15.9 Å². The summed E-state index contributed by atoms with van der Waals surface area (Å²) in [4.78, 5) is 20.0. The Morgan fingerprint density at radius 3 is 2.50 bits per heavy atom. The third kappa shape index (κ3) is 4.43. The summed E-state index contributed by atoms with van der Waals surface area (Å²) in [6.07, 6.45) is 6.93. The first-order valence-electron chi connectivity index (χ1n) is 11.2. The van der Waals surface area contributed by atoms with Crippen molar-refractivity contribution in [3.63, 3.8) is 0 Å². The second-order valence-corrected chi connectivity index (χ2v) is 9.51. The molecule has 2 N–H and O–H groups in total. The molecule has 3 aliphatic rings. The smallest absolute Gasteiger partial charge is 0.319 e. The van der Waals surface area contributed by atoms with Crippen molar-refractivity contribution in [1.82, 2.24) is 15.2 Å². The highest BCUT2D eigenvalue weighted by molar-refractivity contribution is 9.10. The molecule has 3 saturated heterocycles. The minimum absolute atomic E-state index is 0.133. The maximum atomic E-state index is 13.2. The largest absolute Gasteiger partial charge is 0.333 e. The first-order chi connectivity index (χ1) is 15.7. The summed E-state index contributed by atoms with van der Waals surface area (Å²) < 4.78 is 1.00. The molecule has 6 rings (SSSR count). The highest BCUT2D eigenvalue weighted by atomic mass is 79.9. The van der Waals surface area contributed by atoms with Gasteiger partial charge in [-0.2, -0.15) is 0 Å². The summed E-state index contributed by atoms with van der Waals surface area (Å²) in [5.41, 5.74) is 4.08. The number of carbonyl (C=O) groups is 1. The van der Waals surface area contributed by atoms with Crippen molar-refractivity contribution < 1.29 is 4.79 Å². The molecule has 4 heterocycles. The molecule has 2 unspecified atom stereocenters. The second-order valence-electron chi connectivity index (χ2n) is 8.66. The van der Waals surface area contributed by atoms with Crippen molar-refractivity contribution in [3.8, 4) is 11.1 Å². The van der Waals surface area contributed by atoms with Gasteiger partial charge in [0.05, 0.1) is 5.69 Å². The topological polar surface area (TPSA) is 57.3 Å². The Bertz CT molecular complexity index is 1080. The van der Waals surface area contributed by atoms with Gasteiger partial charge in [0.1, 0.15) is 0 Å². The lowest BCUT2D eigenvalue weighted by Crippen LogP contribution is -2.64. The van der Waals surface area contributed by atoms with Crippen molar-refractivity contribution in [2.45, 2.75) is 31.3 Å². The Morgan fingerprint density at radius 1 is 1.00 bits per heavy atom. The first-order valence-corrected chi connectivity index (χ1v) is 12.0. The van der Waals surface area contributed by atoms with Gasteiger partial charge in [0.25, 0.3) is 0 Å². The molecule has 0 radical (unpaired) electrons. The zero-order valence-electron chi connectivity index (χ0n) is 17.9. The van der Waals surface area contributed by atoms with E-state index in [1.165, 1.54) is 5.56 Å². The molecular weight excluding hydrogens is 464 g/mol. The van der Waals surface area contributed by atoms with Crippen LogP contribution in [0, 0.1) is 5.92 Å². The van der Waals surface area contributed by atoms with E-state index in [-0.39, 0.29) is 12.1 Å². The maximum Gasteiger partial charge on any atom is 0.319 e. The average Bonchev–Trinajstić information content (AvgIpc) is 2.83. The summed E-state index contributed by atoms with van der Waals surface area (Å²) in [5.74, 6) is 0.519. The van der Waals surface area contributed by atoms with E-state index < -0.39 is 0 Å². The number of fused-ring (bicyclic) bond motifs is 3. The summed E-state index contributed by atoms with van der Waals surface area (Å²) in [7, 11) is 0. The number of pyridine rings is 1. The standard InChI is InChI=1S/C26H27BrN4O/c27-22-9-3-1-7-20(22)21-8-2-4-10-23(21)29-26(32)30-25-19-11-14-31(15-12-19)24(25)16-18-6-5-13-28-17-18/h1-10,13,17,19,24-25H,11-12,14-16H2,(H2,29,30,32). The number of hydrogen-bond donors (Lipinski definition) is 2. The minimum atomic E-state index is -0.139. The maximum absolute atomic E-state index is 13.2. The van der Waals surface area contributed by atoms with Crippen LogP contribution in [0.3, 0.4) is 0 Å². The Morgan fingerprint density at radius 2 is 1.75 bits per heavy atom. The number of amides is 2. The molecule has 1 aromatic heterocycles. The Kier molecular flexibility index (Phi) is 6.23. The quantitative estimate of drug-likeness (QED) is 0.507. The average molecular weight is 491 g/mol. The third-order valence-corrected chi connectivity index (χ3v) is 7.46. The molecule has 0 saturated carbocycles. The highest BCUT2D eigenvalue weighted by Crippen LogP contribution is 2.35. The fraction of sp³-hybridized carbons (Fsp3) is 0.308. The second kappa shape index (κ2) is 9.43. The number of carbonyl (C=O) groups excluding carboxylic acids is 1. The van der Waals surface area contributed by atoms with Crippen molar-refractivity contribution in [1.29, 1.82) is 0 Å². The van der Waals surface area contributed by atoms with Crippen LogP contribution < -0.4 is 10.6 Å². The number of para-hydroxylation sites is 1. The van der Waals surface area contributed by atoms with Crippen LogP contribution in [0.4, 0.5) is 10.5 Å². The van der Waals surface area contributed by atoms with E-state index in [0.717, 1.165) is 53.6 Å². The predicted molar refractivity (Wildman–Crippen MR) is 132 cm³/mol. The van der Waals surface area contributed by atoms with E-state index >= 15 is 0 Å². The number of halogens is 1. The Balaban J connectivity index is 1.34. The van der Waals surface area contributed by atoms with Gasteiger partial charge in [0, 0.05) is 34.5 Å². The van der Waals surface area contributed by atoms with Crippen LogP contribution in [0.15, 0.2) is 77.5 Å². The molecule has 6 heteroatoms. The van der Waals surface area contributed by atoms with E-state index in [1.54, 1.807) is 0 Å². The number of nitrogens with zero attached hydrogens (tertiary/aromatic N) is 2. The number of piperidine rings is 3. The van der Waals surface area contributed by atoms with Gasteiger partial charge in [-0.05, 0) is 67.6 Å². The molecule has 164 valence electrons. The van der Waals surface area contributed by atoms with Gasteiger partial charge < -0.3 is 10.6 Å². The number of benzene rings is 2. The third-order valence-electron chi connectivity index (χ3n) is 6.77. The van der Waals surface area contributed by atoms with Gasteiger partial charge in [0.15, 0.2) is 0 Å². The van der Waals surface area contributed by atoms with Crippen LogP contribution in [-0.4, -0.2) is 41.1 Å². The lowest BCUT2D eigenvalue weighted by molar-refractivity contribution is 0.0184. The van der Waals surface area contributed by atoms with Crippen LogP contribution in [-0.2, 0) is 6.42 Å². The van der Waals surface area contributed by atoms with Gasteiger partial charge in [-0.15, -0.1) is 0 Å². The molecule has 3 aliphatic heterocycles. The fourth-order valence-electron chi connectivity index (χ4n) is 5.20. The summed E-state index contributed by atoms with van der Waals surface area (Å²) in [5, 5.41) is 6.46. The highest BCUT2D eigenvalue weighted by Gasteiger charge is 2.42. The molecule has 2 aromatic carbocycles. The summed E-state index contributed by atoms with van der Waals surface area (Å²) >= 11 is 3.64. The van der Waals surface area contributed by atoms with Crippen molar-refractivity contribution in [3.05, 3.63) is 83.1 Å². The zero-order valence-corrected chi connectivity index (χ0v) is 19.5. The zero-order chi connectivity index (χ0) is 21.9. The molecule has 0 aliphatic carbocycles. The number of anilines is 1. The lowest BCUT2D eigenvalue weighted by atomic mass is 9.77. The minimum Gasteiger partial charge on any atom is -0.333 e. The van der Waals surface area contributed by atoms with Crippen molar-refractivity contribution >= 4 is 27.6 Å². The number of nitrogens with one attached hydrogen (secondary N) is 2. The molecule has 2 amide bonds. The summed E-state index contributed by atoms with van der Waals surface area (Å²) in [6.45, 7) is 2.22. The van der Waals surface area contributed by atoms with Crippen molar-refractivity contribution in [2.24, 2.45) is 5.92 Å². The van der Waals surface area contributed by atoms with Gasteiger partial charge in [0.2, 0.25) is 0 Å².